The van der Waals surface area contributed by atoms with Gasteiger partial charge in [0.1, 0.15) is 0 Å². The summed E-state index contributed by atoms with van der Waals surface area (Å²) in [6.07, 6.45) is 15.6. The van der Waals surface area contributed by atoms with Crippen molar-refractivity contribution >= 4 is 17.5 Å². The number of pyridine rings is 1. The molecule has 4 aliphatic rings. The first-order chi connectivity index (χ1) is 13.0. The number of fused-ring (bicyclic) bond motifs is 5. The summed E-state index contributed by atoms with van der Waals surface area (Å²) in [5, 5.41) is 1.87. The molecular formula is C24H29NOS. The number of allylic oxidation sites excluding steroid dienone is 4. The molecule has 142 valence electrons. The monoisotopic (exact) mass is 379 g/mol. The molecule has 0 unspecified atom stereocenters. The van der Waals surface area contributed by atoms with E-state index in [9.17, 15) is 4.79 Å². The van der Waals surface area contributed by atoms with Gasteiger partial charge in [0, 0.05) is 16.9 Å². The lowest BCUT2D eigenvalue weighted by molar-refractivity contribution is -0.111. The molecule has 0 spiro atoms. The Labute approximate surface area is 166 Å². The fraction of sp³-hybridized carbons (Fsp3) is 0.583. The van der Waals surface area contributed by atoms with Gasteiger partial charge in [-0.3, -0.25) is 4.79 Å². The number of ketones is 1. The second-order valence-corrected chi connectivity index (χ2v) is 10.7. The topological polar surface area (TPSA) is 30.0 Å². The van der Waals surface area contributed by atoms with Crippen LogP contribution in [0.25, 0.3) is 0 Å². The van der Waals surface area contributed by atoms with Crippen LogP contribution < -0.4 is 0 Å². The van der Waals surface area contributed by atoms with Crippen LogP contribution in [0.3, 0.4) is 0 Å². The Bertz CT molecular complexity index is 815. The highest BCUT2D eigenvalue weighted by Crippen LogP contribution is 2.66. The molecule has 5 rings (SSSR count). The first kappa shape index (κ1) is 17.7. The minimum atomic E-state index is 0.115. The maximum absolute atomic E-state index is 11.9. The SMILES string of the molecule is C[C@]12CC[C@H]3[C@@H](CCC4=CC(=O)C=C[C@@]43C)[C@@H]1CC[C@@H]2Sc1ccccn1. The number of carbonyl (C=O) groups is 1. The van der Waals surface area contributed by atoms with Gasteiger partial charge in [-0.15, -0.1) is 11.8 Å². The van der Waals surface area contributed by atoms with Gasteiger partial charge in [-0.05, 0) is 86.0 Å². The molecule has 4 aliphatic carbocycles. The van der Waals surface area contributed by atoms with Crippen molar-refractivity contribution in [1.82, 2.24) is 4.98 Å². The lowest BCUT2D eigenvalue weighted by Gasteiger charge is -2.57. The lowest BCUT2D eigenvalue weighted by Crippen LogP contribution is -2.50. The molecule has 2 nitrogen and oxygen atoms in total. The van der Waals surface area contributed by atoms with Crippen molar-refractivity contribution in [2.45, 2.75) is 62.6 Å². The maximum atomic E-state index is 11.9. The quantitative estimate of drug-likeness (QED) is 0.645. The first-order valence-corrected chi connectivity index (χ1v) is 11.4. The maximum Gasteiger partial charge on any atom is 0.178 e. The van der Waals surface area contributed by atoms with Crippen LogP contribution in [0.5, 0.6) is 0 Å². The molecular weight excluding hydrogens is 350 g/mol. The molecule has 3 saturated carbocycles. The van der Waals surface area contributed by atoms with E-state index >= 15 is 0 Å². The van der Waals surface area contributed by atoms with Crippen LogP contribution in [0, 0.1) is 28.6 Å². The van der Waals surface area contributed by atoms with Gasteiger partial charge < -0.3 is 0 Å². The highest BCUT2D eigenvalue weighted by Gasteiger charge is 2.58. The molecule has 27 heavy (non-hydrogen) atoms. The summed E-state index contributed by atoms with van der Waals surface area (Å²) in [7, 11) is 0. The van der Waals surface area contributed by atoms with E-state index in [-0.39, 0.29) is 11.2 Å². The number of hydrogen-bond acceptors (Lipinski definition) is 3. The zero-order valence-corrected chi connectivity index (χ0v) is 17.2. The summed E-state index contributed by atoms with van der Waals surface area (Å²) in [6, 6.07) is 6.27. The summed E-state index contributed by atoms with van der Waals surface area (Å²) in [5.74, 6) is 2.52. The molecule has 0 bridgehead atoms. The zero-order chi connectivity index (χ0) is 18.6. The van der Waals surface area contributed by atoms with Crippen LogP contribution in [0.4, 0.5) is 0 Å². The molecule has 0 aliphatic heterocycles. The van der Waals surface area contributed by atoms with Crippen molar-refractivity contribution in [2.24, 2.45) is 28.6 Å². The Morgan fingerprint density at radius 1 is 1.11 bits per heavy atom. The van der Waals surface area contributed by atoms with Crippen LogP contribution >= 0.6 is 11.8 Å². The van der Waals surface area contributed by atoms with Gasteiger partial charge in [0.05, 0.1) is 5.03 Å². The standard InChI is InChI=1S/C24H29NOS/c1-23-12-10-17(26)15-16(23)6-7-18-19-8-9-21(24(19,2)13-11-20(18)23)27-22-5-3-4-14-25-22/h3-5,10,12,14-15,18-21H,6-9,11,13H2,1-2H3/t18-,19-,20-,21-,23-,24-/m0/s1. The number of carbonyl (C=O) groups excluding carboxylic acids is 1. The van der Waals surface area contributed by atoms with Crippen molar-refractivity contribution in [2.75, 3.05) is 0 Å². The molecule has 1 heterocycles. The van der Waals surface area contributed by atoms with E-state index in [2.05, 4.69) is 37.0 Å². The molecule has 6 atom stereocenters. The van der Waals surface area contributed by atoms with E-state index in [1.54, 1.807) is 0 Å². The fourth-order valence-electron chi connectivity index (χ4n) is 6.91. The minimum absolute atomic E-state index is 0.115. The Hall–Kier alpha value is -1.35. The van der Waals surface area contributed by atoms with Crippen molar-refractivity contribution in [1.29, 1.82) is 0 Å². The summed E-state index contributed by atoms with van der Waals surface area (Å²) >= 11 is 2.02. The van der Waals surface area contributed by atoms with Gasteiger partial charge >= 0.3 is 0 Å². The van der Waals surface area contributed by atoms with Crippen LogP contribution in [0.1, 0.15) is 52.4 Å². The molecule has 0 amide bonds. The van der Waals surface area contributed by atoms with E-state index in [0.717, 1.165) is 18.3 Å². The Morgan fingerprint density at radius 2 is 2.00 bits per heavy atom. The van der Waals surface area contributed by atoms with Crippen molar-refractivity contribution < 1.29 is 4.79 Å². The second-order valence-electron chi connectivity index (χ2n) is 9.50. The summed E-state index contributed by atoms with van der Waals surface area (Å²) in [6.45, 7) is 4.96. The summed E-state index contributed by atoms with van der Waals surface area (Å²) in [5.41, 5.74) is 1.94. The molecule has 0 saturated heterocycles. The van der Waals surface area contributed by atoms with Crippen LogP contribution in [-0.4, -0.2) is 16.0 Å². The third-order valence-corrected chi connectivity index (χ3v) is 9.91. The minimum Gasteiger partial charge on any atom is -0.290 e. The Morgan fingerprint density at radius 3 is 2.81 bits per heavy atom. The number of thioether (sulfide) groups is 1. The lowest BCUT2D eigenvalue weighted by atomic mass is 9.48. The number of rotatable bonds is 2. The molecule has 1 aromatic rings. The summed E-state index contributed by atoms with van der Waals surface area (Å²) < 4.78 is 0. The van der Waals surface area contributed by atoms with Crippen molar-refractivity contribution in [3.05, 3.63) is 48.2 Å². The Kier molecular flexibility index (Phi) is 4.16. The van der Waals surface area contributed by atoms with Gasteiger partial charge in [-0.2, -0.15) is 0 Å². The average molecular weight is 380 g/mol. The number of aromatic nitrogens is 1. The first-order valence-electron chi connectivity index (χ1n) is 10.5. The predicted molar refractivity (Wildman–Crippen MR) is 110 cm³/mol. The molecule has 0 radical (unpaired) electrons. The highest BCUT2D eigenvalue weighted by atomic mass is 32.2. The van der Waals surface area contributed by atoms with Crippen LogP contribution in [0.2, 0.25) is 0 Å². The predicted octanol–water partition coefficient (Wildman–Crippen LogP) is 5.85. The molecule has 1 aromatic heterocycles. The van der Waals surface area contributed by atoms with Gasteiger partial charge in [0.15, 0.2) is 5.78 Å². The fourth-order valence-corrected chi connectivity index (χ4v) is 8.29. The normalized spacial score (nSPS) is 42.9. The molecule has 0 aromatic carbocycles. The van der Waals surface area contributed by atoms with Gasteiger partial charge in [-0.1, -0.05) is 31.6 Å². The molecule has 3 fully saturated rings. The van der Waals surface area contributed by atoms with Gasteiger partial charge in [0.2, 0.25) is 0 Å². The number of hydrogen-bond donors (Lipinski definition) is 0. The molecule has 3 heteroatoms. The van der Waals surface area contributed by atoms with E-state index in [1.165, 1.54) is 42.7 Å². The third-order valence-electron chi connectivity index (χ3n) is 8.37. The van der Waals surface area contributed by atoms with E-state index in [1.807, 2.05) is 36.2 Å². The second kappa shape index (κ2) is 6.34. The van der Waals surface area contributed by atoms with E-state index < -0.39 is 0 Å². The van der Waals surface area contributed by atoms with Crippen molar-refractivity contribution in [3.8, 4) is 0 Å². The summed E-state index contributed by atoms with van der Waals surface area (Å²) in [4.78, 5) is 16.5. The van der Waals surface area contributed by atoms with E-state index in [0.29, 0.717) is 16.6 Å². The highest BCUT2D eigenvalue weighted by molar-refractivity contribution is 7.99. The van der Waals surface area contributed by atoms with Crippen LogP contribution in [-0.2, 0) is 4.79 Å². The zero-order valence-electron chi connectivity index (χ0n) is 16.4. The number of nitrogens with zero attached hydrogens (tertiary/aromatic N) is 1. The van der Waals surface area contributed by atoms with Crippen LogP contribution in [0.15, 0.2) is 53.2 Å². The third kappa shape index (κ3) is 2.68. The van der Waals surface area contributed by atoms with E-state index in [4.69, 9.17) is 0 Å². The molecule has 0 N–H and O–H groups in total. The van der Waals surface area contributed by atoms with Crippen molar-refractivity contribution in [3.63, 3.8) is 0 Å². The van der Waals surface area contributed by atoms with Gasteiger partial charge in [-0.25, -0.2) is 4.98 Å². The Balaban J connectivity index is 1.41. The smallest absolute Gasteiger partial charge is 0.178 e. The average Bonchev–Trinajstić information content (AvgIpc) is 3.00. The van der Waals surface area contributed by atoms with Gasteiger partial charge in [0.25, 0.3) is 0 Å². The largest absolute Gasteiger partial charge is 0.290 e.